The van der Waals surface area contributed by atoms with E-state index < -0.39 is 16.1 Å². The van der Waals surface area contributed by atoms with Gasteiger partial charge in [0.05, 0.1) is 23.0 Å². The van der Waals surface area contributed by atoms with Gasteiger partial charge in [0.2, 0.25) is 5.88 Å². The van der Waals surface area contributed by atoms with Crippen molar-refractivity contribution in [3.05, 3.63) is 92.0 Å². The largest absolute Gasteiger partial charge is 0.490 e. The smallest absolute Gasteiger partial charge is 0.293 e. The van der Waals surface area contributed by atoms with E-state index in [1.54, 1.807) is 37.3 Å². The second-order valence-electron chi connectivity index (χ2n) is 7.55. The first kappa shape index (κ1) is 25.9. The third-order valence-corrected chi connectivity index (χ3v) is 6.21. The lowest BCUT2D eigenvalue weighted by Gasteiger charge is -2.12. The van der Waals surface area contributed by atoms with Crippen LogP contribution in [0.15, 0.2) is 65.7 Å². The summed E-state index contributed by atoms with van der Waals surface area (Å²) >= 11 is 6.58. The van der Waals surface area contributed by atoms with Gasteiger partial charge in [0.1, 0.15) is 6.20 Å². The number of pyridine rings is 1. The van der Waals surface area contributed by atoms with Crippen LogP contribution < -0.4 is 9.47 Å². The fourth-order valence-corrected chi connectivity index (χ4v) is 4.24. The zero-order valence-corrected chi connectivity index (χ0v) is 20.8. The molecule has 0 aliphatic carbocycles. The van der Waals surface area contributed by atoms with Crippen LogP contribution in [0, 0.1) is 10.1 Å². The molecule has 4 rings (SSSR count). The van der Waals surface area contributed by atoms with Gasteiger partial charge in [-0.05, 0) is 66.7 Å². The Morgan fingerprint density at radius 2 is 1.89 bits per heavy atom. The molecule has 2 heterocycles. The number of nitrogens with zero attached hydrogens (tertiary/aromatic N) is 3. The summed E-state index contributed by atoms with van der Waals surface area (Å²) in [5.74, 6) is -0.188. The second kappa shape index (κ2) is 11.2. The average molecular weight is 540 g/mol. The molecular formula is C25H18ClN3O7S. The van der Waals surface area contributed by atoms with Crippen LogP contribution in [0.3, 0.4) is 0 Å². The van der Waals surface area contributed by atoms with Gasteiger partial charge in [-0.3, -0.25) is 29.4 Å². The molecule has 1 aromatic heterocycles. The normalized spacial score (nSPS) is 14.2. The van der Waals surface area contributed by atoms with E-state index in [2.05, 4.69) is 4.98 Å². The Balaban J connectivity index is 1.51. The van der Waals surface area contributed by atoms with Crippen LogP contribution in [-0.4, -0.2) is 44.9 Å². The average Bonchev–Trinajstić information content (AvgIpc) is 3.13. The molecule has 2 amide bonds. The Labute approximate surface area is 220 Å². The number of thioether (sulfide) groups is 1. The Morgan fingerprint density at radius 3 is 2.54 bits per heavy atom. The summed E-state index contributed by atoms with van der Waals surface area (Å²) in [6, 6.07) is 13.7. The molecule has 2 aromatic carbocycles. The minimum absolute atomic E-state index is 0.130. The minimum Gasteiger partial charge on any atom is -0.490 e. The number of aromatic nitrogens is 1. The quantitative estimate of drug-likeness (QED) is 0.144. The van der Waals surface area contributed by atoms with Crippen LogP contribution in [0.25, 0.3) is 6.08 Å². The van der Waals surface area contributed by atoms with Crippen LogP contribution in [0.4, 0.5) is 10.5 Å². The van der Waals surface area contributed by atoms with E-state index >= 15 is 0 Å². The molecule has 1 fully saturated rings. The topological polar surface area (TPSA) is 129 Å². The number of halogens is 1. The SMILES string of the molecule is CCOc1cc(/C=C2\SC(=O)N(CC(=O)c3ccc(Cl)cc3)C2=O)ccc1Oc1ccc([N+](=O)[O-])cn1. The summed E-state index contributed by atoms with van der Waals surface area (Å²) in [5, 5.41) is 10.7. The first-order valence-corrected chi connectivity index (χ1v) is 12.0. The Morgan fingerprint density at radius 1 is 1.14 bits per heavy atom. The maximum atomic E-state index is 12.9. The number of rotatable bonds is 9. The second-order valence-corrected chi connectivity index (χ2v) is 8.98. The summed E-state index contributed by atoms with van der Waals surface area (Å²) in [4.78, 5) is 53.1. The molecular weight excluding hydrogens is 522 g/mol. The van der Waals surface area contributed by atoms with E-state index in [4.69, 9.17) is 21.1 Å². The molecule has 0 atom stereocenters. The fraction of sp³-hybridized carbons (Fsp3) is 0.120. The summed E-state index contributed by atoms with van der Waals surface area (Å²) in [6.07, 6.45) is 2.60. The highest BCUT2D eigenvalue weighted by molar-refractivity contribution is 8.18. The predicted octanol–water partition coefficient (Wildman–Crippen LogP) is 5.75. The number of carbonyl (C=O) groups is 3. The van der Waals surface area contributed by atoms with Gasteiger partial charge in [0.25, 0.3) is 16.8 Å². The van der Waals surface area contributed by atoms with Crippen molar-refractivity contribution in [1.82, 2.24) is 9.88 Å². The molecule has 188 valence electrons. The lowest BCUT2D eigenvalue weighted by Crippen LogP contribution is -2.33. The molecule has 12 heteroatoms. The van der Waals surface area contributed by atoms with E-state index in [0.717, 1.165) is 22.9 Å². The molecule has 1 aliphatic rings. The van der Waals surface area contributed by atoms with E-state index in [0.29, 0.717) is 34.3 Å². The predicted molar refractivity (Wildman–Crippen MR) is 137 cm³/mol. The third kappa shape index (κ3) is 6.13. The number of imide groups is 1. The van der Waals surface area contributed by atoms with Crippen LogP contribution in [0.5, 0.6) is 17.4 Å². The van der Waals surface area contributed by atoms with Crippen molar-refractivity contribution in [3.63, 3.8) is 0 Å². The number of nitro groups is 1. The zero-order valence-electron chi connectivity index (χ0n) is 19.3. The van der Waals surface area contributed by atoms with E-state index in [1.165, 1.54) is 30.3 Å². The van der Waals surface area contributed by atoms with Gasteiger partial charge in [-0.1, -0.05) is 17.7 Å². The molecule has 0 bridgehead atoms. The first-order valence-electron chi connectivity index (χ1n) is 10.8. The van der Waals surface area contributed by atoms with Gasteiger partial charge < -0.3 is 9.47 Å². The number of hydrogen-bond acceptors (Lipinski definition) is 9. The van der Waals surface area contributed by atoms with E-state index in [9.17, 15) is 24.5 Å². The van der Waals surface area contributed by atoms with Gasteiger partial charge in [-0.25, -0.2) is 4.98 Å². The van der Waals surface area contributed by atoms with Gasteiger partial charge >= 0.3 is 0 Å². The number of carbonyl (C=O) groups excluding carboxylic acids is 3. The maximum Gasteiger partial charge on any atom is 0.293 e. The van der Waals surface area contributed by atoms with Crippen LogP contribution in [0.1, 0.15) is 22.8 Å². The highest BCUT2D eigenvalue weighted by Crippen LogP contribution is 2.36. The summed E-state index contributed by atoms with van der Waals surface area (Å²) < 4.78 is 11.4. The number of Topliss-reactive ketones (excluding diaryl/α,β-unsaturated/α-hetero) is 1. The summed E-state index contributed by atoms with van der Waals surface area (Å²) in [7, 11) is 0. The first-order chi connectivity index (χ1) is 17.7. The third-order valence-electron chi connectivity index (χ3n) is 5.05. The lowest BCUT2D eigenvalue weighted by molar-refractivity contribution is -0.385. The van der Waals surface area contributed by atoms with Gasteiger partial charge in [-0.2, -0.15) is 0 Å². The van der Waals surface area contributed by atoms with Crippen molar-refractivity contribution in [3.8, 4) is 17.4 Å². The number of hydrogen-bond donors (Lipinski definition) is 0. The number of ketones is 1. The van der Waals surface area contributed by atoms with Gasteiger partial charge in [0, 0.05) is 22.7 Å². The van der Waals surface area contributed by atoms with E-state index in [-0.39, 0.29) is 28.8 Å². The van der Waals surface area contributed by atoms with Crippen LogP contribution in [0.2, 0.25) is 5.02 Å². The monoisotopic (exact) mass is 539 g/mol. The molecule has 0 unspecified atom stereocenters. The van der Waals surface area contributed by atoms with Crippen molar-refractivity contribution in [2.24, 2.45) is 0 Å². The molecule has 10 nitrogen and oxygen atoms in total. The number of ether oxygens (including phenoxy) is 2. The minimum atomic E-state index is -0.578. The van der Waals surface area contributed by atoms with Crippen molar-refractivity contribution < 1.29 is 28.8 Å². The van der Waals surface area contributed by atoms with Crippen molar-refractivity contribution >= 4 is 52.1 Å². The number of amides is 2. The highest BCUT2D eigenvalue weighted by atomic mass is 35.5. The summed E-state index contributed by atoms with van der Waals surface area (Å²) in [5.41, 5.74) is 0.727. The Kier molecular flexibility index (Phi) is 7.85. The molecule has 0 saturated carbocycles. The van der Waals surface area contributed by atoms with Crippen molar-refractivity contribution in [2.45, 2.75) is 6.92 Å². The standard InChI is InChI=1S/C25H18ClN3O7S/c1-2-35-21-11-15(3-9-20(21)36-23-10-8-18(13-27-23)29(33)34)12-22-24(31)28(25(32)37-22)14-19(30)16-4-6-17(26)7-5-16/h3-13H,2,14H2,1H3/b22-12-. The maximum absolute atomic E-state index is 12.9. The lowest BCUT2D eigenvalue weighted by atomic mass is 10.1. The molecule has 0 spiro atoms. The van der Waals surface area contributed by atoms with Crippen LogP contribution >= 0.6 is 23.4 Å². The number of benzene rings is 2. The molecule has 3 aromatic rings. The summed E-state index contributed by atoms with van der Waals surface area (Å²) in [6.45, 7) is 1.71. The van der Waals surface area contributed by atoms with Gasteiger partial charge in [0.15, 0.2) is 17.3 Å². The molecule has 1 saturated heterocycles. The van der Waals surface area contributed by atoms with E-state index in [1.807, 2.05) is 0 Å². The molecule has 37 heavy (non-hydrogen) atoms. The molecule has 1 aliphatic heterocycles. The zero-order chi connectivity index (χ0) is 26.5. The molecule has 0 radical (unpaired) electrons. The fourth-order valence-electron chi connectivity index (χ4n) is 3.28. The Bertz CT molecular complexity index is 1410. The Hall–Kier alpha value is -4.22. The van der Waals surface area contributed by atoms with Crippen molar-refractivity contribution in [2.75, 3.05) is 13.2 Å². The van der Waals surface area contributed by atoms with Gasteiger partial charge in [-0.15, -0.1) is 0 Å². The van der Waals surface area contributed by atoms with Crippen molar-refractivity contribution in [1.29, 1.82) is 0 Å². The van der Waals surface area contributed by atoms with Crippen LogP contribution in [-0.2, 0) is 4.79 Å². The highest BCUT2D eigenvalue weighted by Gasteiger charge is 2.36. The molecule has 0 N–H and O–H groups in total.